The molecule has 0 bridgehead atoms. The van der Waals surface area contributed by atoms with Gasteiger partial charge >= 0.3 is 0 Å². The van der Waals surface area contributed by atoms with E-state index in [1.807, 2.05) is 24.3 Å². The van der Waals surface area contributed by atoms with Gasteiger partial charge in [-0.2, -0.15) is 0 Å². The van der Waals surface area contributed by atoms with Crippen molar-refractivity contribution in [3.05, 3.63) is 65.7 Å². The molecule has 22 heavy (non-hydrogen) atoms. The van der Waals surface area contributed by atoms with Gasteiger partial charge in [-0.25, -0.2) is 5.84 Å². The molecule has 1 saturated heterocycles. The molecule has 1 aliphatic heterocycles. The van der Waals surface area contributed by atoms with Crippen LogP contribution in [0.3, 0.4) is 0 Å². The van der Waals surface area contributed by atoms with Gasteiger partial charge in [-0.05, 0) is 49.1 Å². The number of hydrogen-bond donors (Lipinski definition) is 2. The maximum atomic E-state index is 11.5. The first-order valence-corrected chi connectivity index (χ1v) is 7.69. The highest BCUT2D eigenvalue weighted by atomic mass is 16.2. The molecule has 2 aromatic carbocycles. The van der Waals surface area contributed by atoms with Crippen molar-refractivity contribution in [2.24, 2.45) is 5.84 Å². The fourth-order valence-corrected chi connectivity index (χ4v) is 3.15. The molecule has 0 saturated carbocycles. The van der Waals surface area contributed by atoms with Crippen molar-refractivity contribution in [1.82, 2.24) is 5.43 Å². The largest absolute Gasteiger partial charge is 0.368 e. The van der Waals surface area contributed by atoms with E-state index in [4.69, 9.17) is 5.84 Å². The Morgan fingerprint density at radius 1 is 1.14 bits per heavy atom. The smallest absolute Gasteiger partial charge is 0.265 e. The molecule has 0 aliphatic carbocycles. The summed E-state index contributed by atoms with van der Waals surface area (Å²) in [7, 11) is 0. The van der Waals surface area contributed by atoms with Gasteiger partial charge in [0.1, 0.15) is 0 Å². The summed E-state index contributed by atoms with van der Waals surface area (Å²) in [5, 5.41) is 0. The number of hydrazine groups is 1. The van der Waals surface area contributed by atoms with E-state index in [0.717, 1.165) is 13.0 Å². The molecular weight excluding hydrogens is 274 g/mol. The van der Waals surface area contributed by atoms with E-state index in [1.54, 1.807) is 0 Å². The molecule has 1 heterocycles. The molecule has 0 aromatic heterocycles. The van der Waals surface area contributed by atoms with Crippen molar-refractivity contribution in [3.8, 4) is 0 Å². The number of hydrogen-bond acceptors (Lipinski definition) is 3. The Morgan fingerprint density at radius 3 is 2.55 bits per heavy atom. The predicted octanol–water partition coefficient (Wildman–Crippen LogP) is 2.50. The summed E-state index contributed by atoms with van der Waals surface area (Å²) in [5.41, 5.74) is 5.30. The second-order valence-corrected chi connectivity index (χ2v) is 5.70. The summed E-state index contributed by atoms with van der Waals surface area (Å²) >= 11 is 0. The first-order valence-electron chi connectivity index (χ1n) is 7.69. The lowest BCUT2D eigenvalue weighted by molar-refractivity contribution is 0.0953. The van der Waals surface area contributed by atoms with Crippen LogP contribution in [0.5, 0.6) is 0 Å². The second-order valence-electron chi connectivity index (χ2n) is 5.70. The Labute approximate surface area is 130 Å². The third-order valence-corrected chi connectivity index (χ3v) is 4.28. The second kappa shape index (κ2) is 6.62. The first-order chi connectivity index (χ1) is 10.8. The van der Waals surface area contributed by atoms with Gasteiger partial charge in [0.25, 0.3) is 5.91 Å². The maximum absolute atomic E-state index is 11.5. The Hall–Kier alpha value is -2.33. The van der Waals surface area contributed by atoms with Gasteiger partial charge in [0.2, 0.25) is 0 Å². The zero-order chi connectivity index (χ0) is 15.4. The van der Waals surface area contributed by atoms with E-state index < -0.39 is 0 Å². The zero-order valence-electron chi connectivity index (χ0n) is 12.5. The minimum atomic E-state index is -0.252. The third-order valence-electron chi connectivity index (χ3n) is 4.28. The maximum Gasteiger partial charge on any atom is 0.265 e. The molecule has 4 nitrogen and oxygen atoms in total. The molecule has 2 aromatic rings. The molecule has 1 atom stereocenters. The van der Waals surface area contributed by atoms with E-state index in [2.05, 4.69) is 40.7 Å². The Bertz CT molecular complexity index is 625. The van der Waals surface area contributed by atoms with Gasteiger partial charge in [0, 0.05) is 23.8 Å². The van der Waals surface area contributed by atoms with Crippen LogP contribution in [0.2, 0.25) is 0 Å². The number of benzene rings is 2. The molecule has 3 N–H and O–H groups in total. The quantitative estimate of drug-likeness (QED) is 0.517. The summed E-state index contributed by atoms with van der Waals surface area (Å²) < 4.78 is 0. The highest BCUT2D eigenvalue weighted by Gasteiger charge is 2.24. The molecule has 1 amide bonds. The molecule has 114 valence electrons. The van der Waals surface area contributed by atoms with Crippen molar-refractivity contribution in [2.45, 2.75) is 25.3 Å². The number of nitrogens with zero attached hydrogens (tertiary/aromatic N) is 1. The summed E-state index contributed by atoms with van der Waals surface area (Å²) in [4.78, 5) is 13.9. The monoisotopic (exact) mass is 295 g/mol. The lowest BCUT2D eigenvalue weighted by Crippen LogP contribution is -2.31. The number of nitrogens with one attached hydrogen (secondary N) is 1. The predicted molar refractivity (Wildman–Crippen MR) is 88.6 cm³/mol. The van der Waals surface area contributed by atoms with E-state index >= 15 is 0 Å². The van der Waals surface area contributed by atoms with Crippen LogP contribution >= 0.6 is 0 Å². The summed E-state index contributed by atoms with van der Waals surface area (Å²) in [6.45, 7) is 1.11. The number of carbonyl (C=O) groups is 1. The Balaban J connectivity index is 1.71. The van der Waals surface area contributed by atoms with Crippen molar-refractivity contribution < 1.29 is 4.79 Å². The number of carbonyl (C=O) groups excluding carboxylic acids is 1. The van der Waals surface area contributed by atoms with Crippen LogP contribution in [0.15, 0.2) is 54.6 Å². The SMILES string of the molecule is NNC(=O)c1ccc(CC2CCCN2c2ccccc2)cc1. The fraction of sp³-hybridized carbons (Fsp3) is 0.278. The molecular formula is C18H21N3O. The van der Waals surface area contributed by atoms with E-state index in [1.165, 1.54) is 24.1 Å². The van der Waals surface area contributed by atoms with E-state index in [-0.39, 0.29) is 5.91 Å². The zero-order valence-corrected chi connectivity index (χ0v) is 12.5. The average Bonchev–Trinajstić information content (AvgIpc) is 3.04. The minimum absolute atomic E-state index is 0.252. The first kappa shape index (κ1) is 14.6. The number of para-hydroxylation sites is 1. The van der Waals surface area contributed by atoms with Crippen molar-refractivity contribution >= 4 is 11.6 Å². The number of amides is 1. The van der Waals surface area contributed by atoms with Crippen LogP contribution in [0, 0.1) is 0 Å². The molecule has 1 aliphatic rings. The van der Waals surface area contributed by atoms with Gasteiger partial charge in [-0.3, -0.25) is 10.2 Å². The van der Waals surface area contributed by atoms with Crippen LogP contribution in [-0.4, -0.2) is 18.5 Å². The normalized spacial score (nSPS) is 17.5. The van der Waals surface area contributed by atoms with Gasteiger partial charge in [0.05, 0.1) is 0 Å². The van der Waals surface area contributed by atoms with Gasteiger partial charge in [-0.1, -0.05) is 30.3 Å². The lowest BCUT2D eigenvalue weighted by atomic mass is 10.0. The Kier molecular flexibility index (Phi) is 4.39. The van der Waals surface area contributed by atoms with E-state index in [9.17, 15) is 4.79 Å². The molecule has 1 fully saturated rings. The third kappa shape index (κ3) is 3.12. The fourth-order valence-electron chi connectivity index (χ4n) is 3.15. The van der Waals surface area contributed by atoms with Gasteiger partial charge in [0.15, 0.2) is 0 Å². The summed E-state index contributed by atoms with van der Waals surface area (Å²) in [6, 6.07) is 18.8. The summed E-state index contributed by atoms with van der Waals surface area (Å²) in [6.07, 6.45) is 3.44. The van der Waals surface area contributed by atoms with Crippen LogP contribution in [-0.2, 0) is 6.42 Å². The van der Waals surface area contributed by atoms with Gasteiger partial charge in [-0.15, -0.1) is 0 Å². The van der Waals surface area contributed by atoms with Crippen LogP contribution in [0.25, 0.3) is 0 Å². The number of nitrogen functional groups attached to an aromatic ring is 1. The average molecular weight is 295 g/mol. The minimum Gasteiger partial charge on any atom is -0.368 e. The lowest BCUT2D eigenvalue weighted by Gasteiger charge is -2.27. The van der Waals surface area contributed by atoms with Crippen molar-refractivity contribution in [2.75, 3.05) is 11.4 Å². The Morgan fingerprint density at radius 2 is 1.86 bits per heavy atom. The van der Waals surface area contributed by atoms with Crippen LogP contribution < -0.4 is 16.2 Å². The highest BCUT2D eigenvalue weighted by molar-refractivity contribution is 5.93. The summed E-state index contributed by atoms with van der Waals surface area (Å²) in [5.74, 6) is 4.90. The number of rotatable bonds is 4. The molecule has 0 radical (unpaired) electrons. The van der Waals surface area contributed by atoms with Crippen LogP contribution in [0.1, 0.15) is 28.8 Å². The molecule has 0 spiro atoms. The van der Waals surface area contributed by atoms with Gasteiger partial charge < -0.3 is 4.90 Å². The molecule has 1 unspecified atom stereocenters. The van der Waals surface area contributed by atoms with E-state index in [0.29, 0.717) is 11.6 Å². The van der Waals surface area contributed by atoms with Crippen molar-refractivity contribution in [1.29, 1.82) is 0 Å². The van der Waals surface area contributed by atoms with Crippen molar-refractivity contribution in [3.63, 3.8) is 0 Å². The topological polar surface area (TPSA) is 58.4 Å². The van der Waals surface area contributed by atoms with Crippen LogP contribution in [0.4, 0.5) is 5.69 Å². The number of nitrogens with two attached hydrogens (primary N) is 1. The number of anilines is 1. The standard InChI is InChI=1S/C18H21N3O/c19-20-18(22)15-10-8-14(9-11-15)13-17-7-4-12-21(17)16-5-2-1-3-6-16/h1-3,5-6,8-11,17H,4,7,12-13,19H2,(H,20,22). The molecule has 4 heteroatoms. The highest BCUT2D eigenvalue weighted by Crippen LogP contribution is 2.27. The molecule has 3 rings (SSSR count).